The minimum atomic E-state index is -3.18. The second kappa shape index (κ2) is 4.89. The SMILES string of the molecule is O=P(Cl)(Cl)/C=C(\Cl)C1=CCCCC1. The van der Waals surface area contributed by atoms with Crippen LogP contribution < -0.4 is 0 Å². The minimum absolute atomic E-state index is 0.438. The lowest BCUT2D eigenvalue weighted by molar-refractivity contribution is 0.597. The third-order valence-corrected chi connectivity index (χ3v) is 3.51. The van der Waals surface area contributed by atoms with Crippen molar-refractivity contribution < 1.29 is 4.57 Å². The maximum absolute atomic E-state index is 11.0. The summed E-state index contributed by atoms with van der Waals surface area (Å²) < 4.78 is 11.0. The molecule has 0 bridgehead atoms. The molecule has 0 spiro atoms. The van der Waals surface area contributed by atoms with Gasteiger partial charge in [-0.1, -0.05) is 17.7 Å². The lowest BCUT2D eigenvalue weighted by Crippen LogP contribution is -1.91. The maximum atomic E-state index is 11.0. The average Bonchev–Trinajstić information content (AvgIpc) is 2.03. The molecule has 0 unspecified atom stereocenters. The molecule has 74 valence electrons. The van der Waals surface area contributed by atoms with Gasteiger partial charge in [0.05, 0.1) is 0 Å². The van der Waals surface area contributed by atoms with Gasteiger partial charge >= 0.3 is 0 Å². The number of hydrogen-bond donors (Lipinski definition) is 0. The van der Waals surface area contributed by atoms with Crippen LogP contribution in [0.5, 0.6) is 0 Å². The zero-order chi connectivity index (χ0) is 9.90. The molecule has 0 N–H and O–H groups in total. The highest BCUT2D eigenvalue weighted by atomic mass is 35.9. The third-order valence-electron chi connectivity index (χ3n) is 1.86. The average molecular weight is 260 g/mol. The summed E-state index contributed by atoms with van der Waals surface area (Å²) >= 11 is 16.7. The van der Waals surface area contributed by atoms with Crippen molar-refractivity contribution in [3.63, 3.8) is 0 Å². The summed E-state index contributed by atoms with van der Waals surface area (Å²) in [7, 11) is 0. The van der Waals surface area contributed by atoms with E-state index >= 15 is 0 Å². The maximum Gasteiger partial charge on any atom is 0.276 e. The van der Waals surface area contributed by atoms with Crippen molar-refractivity contribution in [2.75, 3.05) is 0 Å². The van der Waals surface area contributed by atoms with Gasteiger partial charge in [0.15, 0.2) is 0 Å². The fourth-order valence-corrected chi connectivity index (χ4v) is 3.17. The Morgan fingerprint density at radius 3 is 2.62 bits per heavy atom. The fraction of sp³-hybridized carbons (Fsp3) is 0.500. The van der Waals surface area contributed by atoms with Crippen LogP contribution in [0.1, 0.15) is 25.7 Å². The van der Waals surface area contributed by atoms with Gasteiger partial charge < -0.3 is 0 Å². The Morgan fingerprint density at radius 1 is 1.46 bits per heavy atom. The summed E-state index contributed by atoms with van der Waals surface area (Å²) in [6.45, 7) is 0. The zero-order valence-electron chi connectivity index (χ0n) is 6.97. The van der Waals surface area contributed by atoms with Crippen LogP contribution in [0.3, 0.4) is 0 Å². The molecule has 0 aromatic heterocycles. The molecule has 0 aromatic rings. The quantitative estimate of drug-likeness (QED) is 0.620. The normalized spacial score (nSPS) is 19.9. The van der Waals surface area contributed by atoms with Gasteiger partial charge in [-0.2, -0.15) is 0 Å². The number of rotatable bonds is 2. The smallest absolute Gasteiger partial charge is 0.276 e. The van der Waals surface area contributed by atoms with Crippen LogP contribution in [0, 0.1) is 0 Å². The molecule has 0 saturated carbocycles. The fourth-order valence-electron chi connectivity index (χ4n) is 1.27. The Morgan fingerprint density at radius 2 is 2.15 bits per heavy atom. The van der Waals surface area contributed by atoms with Crippen LogP contribution >= 0.6 is 39.9 Å². The van der Waals surface area contributed by atoms with Gasteiger partial charge in [-0.15, -0.1) is 0 Å². The van der Waals surface area contributed by atoms with Gasteiger partial charge in [0, 0.05) is 10.8 Å². The molecule has 0 saturated heterocycles. The van der Waals surface area contributed by atoms with E-state index in [4.69, 9.17) is 34.1 Å². The highest BCUT2D eigenvalue weighted by Gasteiger charge is 2.14. The Bertz CT molecular complexity index is 290. The van der Waals surface area contributed by atoms with E-state index in [1.807, 2.05) is 6.08 Å². The molecule has 5 heteroatoms. The van der Waals surface area contributed by atoms with Crippen LogP contribution in [0.4, 0.5) is 0 Å². The topological polar surface area (TPSA) is 17.1 Å². The van der Waals surface area contributed by atoms with Crippen molar-refractivity contribution in [3.8, 4) is 0 Å². The summed E-state index contributed by atoms with van der Waals surface area (Å²) in [4.78, 5) is 0. The van der Waals surface area contributed by atoms with E-state index in [0.29, 0.717) is 5.03 Å². The first-order valence-electron chi connectivity index (χ1n) is 4.06. The van der Waals surface area contributed by atoms with Crippen molar-refractivity contribution in [1.82, 2.24) is 0 Å². The standard InChI is InChI=1S/C8H10Cl3OP/c9-8(6-13(10,11)12)7-4-2-1-3-5-7/h4,6H,1-3,5H2/b8-6-. The molecular formula is C8H10Cl3OP. The monoisotopic (exact) mass is 258 g/mol. The van der Waals surface area contributed by atoms with Gasteiger partial charge in [0.2, 0.25) is 0 Å². The summed E-state index contributed by atoms with van der Waals surface area (Å²) in [5.74, 6) is -1.93. The molecule has 0 atom stereocenters. The number of hydrogen-bond acceptors (Lipinski definition) is 1. The van der Waals surface area contributed by atoms with Crippen LogP contribution in [0.15, 0.2) is 22.5 Å². The molecular weight excluding hydrogens is 249 g/mol. The molecule has 0 aromatic carbocycles. The summed E-state index contributed by atoms with van der Waals surface area (Å²) in [6.07, 6.45) is 6.29. The summed E-state index contributed by atoms with van der Waals surface area (Å²) in [6, 6.07) is 0. The predicted octanol–water partition coefficient (Wildman–Crippen LogP) is 5.24. The van der Waals surface area contributed by atoms with Gasteiger partial charge in [0.25, 0.3) is 5.85 Å². The van der Waals surface area contributed by atoms with E-state index in [0.717, 1.165) is 24.8 Å². The van der Waals surface area contributed by atoms with E-state index in [9.17, 15) is 4.57 Å². The van der Waals surface area contributed by atoms with E-state index in [1.54, 1.807) is 0 Å². The van der Waals surface area contributed by atoms with Crippen LogP contribution in [-0.2, 0) is 4.57 Å². The second-order valence-electron chi connectivity index (χ2n) is 2.95. The van der Waals surface area contributed by atoms with E-state index in [2.05, 4.69) is 0 Å². The summed E-state index contributed by atoms with van der Waals surface area (Å²) in [5, 5.41) is 0.438. The predicted molar refractivity (Wildman–Crippen MR) is 59.8 cm³/mol. The third kappa shape index (κ3) is 4.56. The molecule has 0 radical (unpaired) electrons. The van der Waals surface area contributed by atoms with Crippen molar-refractivity contribution >= 4 is 39.9 Å². The van der Waals surface area contributed by atoms with E-state index in [-0.39, 0.29) is 0 Å². The van der Waals surface area contributed by atoms with Crippen molar-refractivity contribution in [2.45, 2.75) is 25.7 Å². The van der Waals surface area contributed by atoms with Crippen molar-refractivity contribution in [2.24, 2.45) is 0 Å². The Balaban J connectivity index is 2.77. The van der Waals surface area contributed by atoms with Crippen LogP contribution in [-0.4, -0.2) is 0 Å². The molecule has 0 fully saturated rings. The molecule has 13 heavy (non-hydrogen) atoms. The van der Waals surface area contributed by atoms with Crippen LogP contribution in [0.2, 0.25) is 0 Å². The van der Waals surface area contributed by atoms with E-state index < -0.39 is 5.85 Å². The lowest BCUT2D eigenvalue weighted by Gasteiger charge is -2.11. The summed E-state index contributed by atoms with van der Waals surface area (Å²) in [5.41, 5.74) is 1.01. The second-order valence-corrected chi connectivity index (χ2v) is 8.16. The zero-order valence-corrected chi connectivity index (χ0v) is 10.1. The largest absolute Gasteiger partial charge is 0.285 e. The number of allylic oxidation sites excluding steroid dienone is 3. The molecule has 1 aliphatic rings. The highest BCUT2D eigenvalue weighted by molar-refractivity contribution is 8.10. The Labute approximate surface area is 92.7 Å². The molecule has 0 heterocycles. The number of halogens is 3. The van der Waals surface area contributed by atoms with Crippen molar-refractivity contribution in [3.05, 3.63) is 22.5 Å². The van der Waals surface area contributed by atoms with E-state index in [1.165, 1.54) is 12.2 Å². The first-order valence-corrected chi connectivity index (χ1v) is 8.02. The molecule has 1 rings (SSSR count). The first-order chi connectivity index (χ1) is 5.99. The highest BCUT2D eigenvalue weighted by Crippen LogP contribution is 2.59. The van der Waals surface area contributed by atoms with Gasteiger partial charge in [0.1, 0.15) is 0 Å². The Kier molecular flexibility index (Phi) is 4.38. The molecule has 0 amide bonds. The molecule has 0 aliphatic heterocycles. The van der Waals surface area contributed by atoms with Gasteiger partial charge in [-0.25, -0.2) is 0 Å². The first kappa shape index (κ1) is 11.7. The Hall–Kier alpha value is 0.580. The van der Waals surface area contributed by atoms with Crippen LogP contribution in [0.25, 0.3) is 0 Å². The van der Waals surface area contributed by atoms with Crippen molar-refractivity contribution in [1.29, 1.82) is 0 Å². The van der Waals surface area contributed by atoms with Gasteiger partial charge in [-0.3, -0.25) is 4.57 Å². The molecule has 1 nitrogen and oxygen atoms in total. The van der Waals surface area contributed by atoms with Gasteiger partial charge in [-0.05, 0) is 53.7 Å². The lowest BCUT2D eigenvalue weighted by atomic mass is 10.00. The minimum Gasteiger partial charge on any atom is -0.285 e. The molecule has 1 aliphatic carbocycles.